The lowest BCUT2D eigenvalue weighted by Gasteiger charge is -2.29. The lowest BCUT2D eigenvalue weighted by molar-refractivity contribution is -0.148. The first-order valence-electron chi connectivity index (χ1n) is 18.8. The topological polar surface area (TPSA) is 135 Å². The molecular weight excluding hydrogens is 719 g/mol. The van der Waals surface area contributed by atoms with Gasteiger partial charge in [0, 0.05) is 24.3 Å². The third-order valence-corrected chi connectivity index (χ3v) is 10.2. The number of ether oxygens (including phenoxy) is 5. The van der Waals surface area contributed by atoms with E-state index in [1.807, 2.05) is 30.3 Å². The summed E-state index contributed by atoms with van der Waals surface area (Å²) in [7, 11) is 0. The number of hydrogen-bond acceptors (Lipinski definition) is 12. The summed E-state index contributed by atoms with van der Waals surface area (Å²) in [5.74, 6) is 0.507. The number of carbonyl (C=O) groups is 3. The molecule has 12 heteroatoms. The van der Waals surface area contributed by atoms with Gasteiger partial charge in [-0.1, -0.05) is 62.5 Å². The van der Waals surface area contributed by atoms with Crippen LogP contribution in [0.2, 0.25) is 0 Å². The molecule has 290 valence electrons. The molecule has 0 bridgehead atoms. The average Bonchev–Trinajstić information content (AvgIpc) is 3.63. The number of thiazole rings is 1. The Morgan fingerprint density at radius 3 is 2.45 bits per heavy atom. The van der Waals surface area contributed by atoms with Gasteiger partial charge in [-0.15, -0.1) is 0 Å². The Balaban J connectivity index is 1.19. The van der Waals surface area contributed by atoms with Crippen LogP contribution in [-0.2, 0) is 23.8 Å². The number of esters is 3. The first-order valence-corrected chi connectivity index (χ1v) is 19.6. The Hall–Kier alpha value is -5.33. The molecule has 0 amide bonds. The summed E-state index contributed by atoms with van der Waals surface area (Å²) >= 11 is 1.51. The van der Waals surface area contributed by atoms with Gasteiger partial charge in [0.2, 0.25) is 5.13 Å². The number of unbranched alkanes of at least 4 members (excludes halogenated alkanes) is 1. The summed E-state index contributed by atoms with van der Waals surface area (Å²) in [5.41, 5.74) is 6.18. The van der Waals surface area contributed by atoms with E-state index in [-0.39, 0.29) is 19.8 Å². The van der Waals surface area contributed by atoms with Gasteiger partial charge in [-0.3, -0.25) is 5.43 Å². The van der Waals surface area contributed by atoms with Crippen molar-refractivity contribution in [3.8, 4) is 11.5 Å². The molecule has 1 N–H and O–H groups in total. The minimum Gasteiger partial charge on any atom is -0.490 e. The summed E-state index contributed by atoms with van der Waals surface area (Å²) in [5, 5.41) is 5.15. The largest absolute Gasteiger partial charge is 0.490 e. The SMILES string of the molecule is C=CC(=O)OCCCCOCC(COc1ccc(C(=O)Oc2ccc(C3CCC(CCC)CC3)cc2/C=N/Nc2nc3ccccc3s2)cc1)OC(=O)C=C. The van der Waals surface area contributed by atoms with Gasteiger partial charge in [-0.05, 0) is 104 Å². The molecule has 0 spiro atoms. The number of nitrogens with one attached hydrogen (secondary N) is 1. The van der Waals surface area contributed by atoms with Gasteiger partial charge in [0.05, 0.1) is 35.2 Å². The number of hydrogen-bond donors (Lipinski definition) is 1. The highest BCUT2D eigenvalue weighted by Crippen LogP contribution is 2.38. The highest BCUT2D eigenvalue weighted by Gasteiger charge is 2.23. The standard InChI is InChI=1S/C43H49N3O8S/c1-4-11-30-14-16-31(17-15-30)33-20-23-38(34(26-33)27-44-46-43-45-37-12-7-8-13-39(37)55-43)54-42(49)32-18-21-35(22-19-32)52-29-36(53-41(48)6-3)28-50-24-9-10-25-51-40(47)5-2/h5-8,12-13,18-23,26-27,30-31,36H,2-4,9-11,14-17,24-25,28-29H2,1H3,(H,45,46)/b44-27+. The van der Waals surface area contributed by atoms with Crippen LogP contribution in [0.4, 0.5) is 5.13 Å². The van der Waals surface area contributed by atoms with Gasteiger partial charge in [0.1, 0.15) is 18.1 Å². The zero-order chi connectivity index (χ0) is 38.8. The first kappa shape index (κ1) is 40.8. The summed E-state index contributed by atoms with van der Waals surface area (Å²) in [4.78, 5) is 41.0. The highest BCUT2D eigenvalue weighted by molar-refractivity contribution is 7.22. The highest BCUT2D eigenvalue weighted by atomic mass is 32.1. The zero-order valence-electron chi connectivity index (χ0n) is 31.3. The molecule has 1 heterocycles. The van der Waals surface area contributed by atoms with Crippen LogP contribution in [0.5, 0.6) is 11.5 Å². The minimum absolute atomic E-state index is 0.0146. The second-order valence-corrected chi connectivity index (χ2v) is 14.3. The van der Waals surface area contributed by atoms with Crippen LogP contribution in [0, 0.1) is 5.92 Å². The third kappa shape index (κ3) is 12.9. The maximum Gasteiger partial charge on any atom is 0.343 e. The number of fused-ring (bicyclic) bond motifs is 1. The summed E-state index contributed by atoms with van der Waals surface area (Å²) in [6.07, 6.45) is 11.7. The van der Waals surface area contributed by atoms with E-state index in [0.29, 0.717) is 53.1 Å². The molecule has 3 aromatic carbocycles. The van der Waals surface area contributed by atoms with E-state index in [9.17, 15) is 14.4 Å². The van der Waals surface area contributed by atoms with Crippen LogP contribution in [0.3, 0.4) is 0 Å². The Morgan fingerprint density at radius 1 is 0.945 bits per heavy atom. The number of carbonyl (C=O) groups excluding carboxylic acids is 3. The molecule has 11 nitrogen and oxygen atoms in total. The van der Waals surface area contributed by atoms with Gasteiger partial charge in [0.15, 0.2) is 6.10 Å². The Kier molecular flexibility index (Phi) is 16.0. The fourth-order valence-electron chi connectivity index (χ4n) is 6.40. The molecular formula is C43H49N3O8S. The van der Waals surface area contributed by atoms with Gasteiger partial charge in [-0.25, -0.2) is 19.4 Å². The van der Waals surface area contributed by atoms with Crippen LogP contribution in [0.25, 0.3) is 10.2 Å². The van der Waals surface area contributed by atoms with Gasteiger partial charge < -0.3 is 23.7 Å². The number of anilines is 1. The number of rotatable bonds is 21. The third-order valence-electron chi connectivity index (χ3n) is 9.28. The maximum absolute atomic E-state index is 13.4. The Labute approximate surface area is 326 Å². The van der Waals surface area contributed by atoms with E-state index >= 15 is 0 Å². The second-order valence-electron chi connectivity index (χ2n) is 13.3. The number of aromatic nitrogens is 1. The molecule has 1 unspecified atom stereocenters. The molecule has 1 fully saturated rings. The summed E-state index contributed by atoms with van der Waals surface area (Å²) in [6, 6.07) is 20.4. The van der Waals surface area contributed by atoms with Gasteiger partial charge >= 0.3 is 17.9 Å². The predicted octanol–water partition coefficient (Wildman–Crippen LogP) is 9.04. The molecule has 0 radical (unpaired) electrons. The van der Waals surface area contributed by atoms with E-state index in [1.54, 1.807) is 30.5 Å². The van der Waals surface area contributed by atoms with Crippen LogP contribution in [0.1, 0.15) is 85.7 Å². The van der Waals surface area contributed by atoms with Crippen molar-refractivity contribution in [2.75, 3.05) is 31.9 Å². The van der Waals surface area contributed by atoms with E-state index in [1.165, 1.54) is 42.6 Å². The lowest BCUT2D eigenvalue weighted by atomic mass is 9.77. The average molecular weight is 768 g/mol. The van der Waals surface area contributed by atoms with E-state index in [4.69, 9.17) is 23.7 Å². The van der Waals surface area contributed by atoms with Gasteiger partial charge in [-0.2, -0.15) is 5.10 Å². The number of benzene rings is 3. The molecule has 4 aromatic rings. The molecule has 1 aliphatic carbocycles. The maximum atomic E-state index is 13.4. The van der Waals surface area contributed by atoms with Crippen LogP contribution in [0.15, 0.2) is 97.1 Å². The Morgan fingerprint density at radius 2 is 1.71 bits per heavy atom. The van der Waals surface area contributed by atoms with Crippen molar-refractivity contribution in [1.29, 1.82) is 0 Å². The monoisotopic (exact) mass is 767 g/mol. The minimum atomic E-state index is -0.702. The quantitative estimate of drug-likeness (QED) is 0.0219. The second kappa shape index (κ2) is 21.5. The van der Waals surface area contributed by atoms with Crippen LogP contribution >= 0.6 is 11.3 Å². The number of hydrazone groups is 1. The van der Waals surface area contributed by atoms with Crippen molar-refractivity contribution < 1.29 is 38.1 Å². The predicted molar refractivity (Wildman–Crippen MR) is 215 cm³/mol. The fraction of sp³-hybridized carbons (Fsp3) is 0.372. The first-order chi connectivity index (χ1) is 26.8. The molecule has 0 aliphatic heterocycles. The van der Waals surface area contributed by atoms with Crippen molar-refractivity contribution in [3.05, 3.63) is 109 Å². The molecule has 55 heavy (non-hydrogen) atoms. The normalized spacial score (nSPS) is 15.9. The summed E-state index contributed by atoms with van der Waals surface area (Å²) < 4.78 is 28.9. The summed E-state index contributed by atoms with van der Waals surface area (Å²) in [6.45, 7) is 9.81. The molecule has 0 saturated heterocycles. The number of para-hydroxylation sites is 1. The Bertz CT molecular complexity index is 1880. The van der Waals surface area contributed by atoms with E-state index in [0.717, 1.165) is 41.1 Å². The molecule has 1 aromatic heterocycles. The van der Waals surface area contributed by atoms with Crippen molar-refractivity contribution in [3.63, 3.8) is 0 Å². The van der Waals surface area contributed by atoms with Crippen molar-refractivity contribution in [2.45, 2.75) is 70.3 Å². The van der Waals surface area contributed by atoms with Crippen LogP contribution < -0.4 is 14.9 Å². The van der Waals surface area contributed by atoms with Crippen LogP contribution in [-0.4, -0.2) is 61.6 Å². The fourth-order valence-corrected chi connectivity index (χ4v) is 7.22. The molecule has 1 saturated carbocycles. The number of nitrogens with zero attached hydrogens (tertiary/aromatic N) is 2. The zero-order valence-corrected chi connectivity index (χ0v) is 32.1. The smallest absolute Gasteiger partial charge is 0.343 e. The molecule has 1 atom stereocenters. The molecule has 5 rings (SSSR count). The van der Waals surface area contributed by atoms with E-state index in [2.05, 4.69) is 47.7 Å². The molecule has 1 aliphatic rings. The lowest BCUT2D eigenvalue weighted by Crippen LogP contribution is -2.29. The van der Waals surface area contributed by atoms with Gasteiger partial charge in [0.25, 0.3) is 0 Å². The van der Waals surface area contributed by atoms with Crippen molar-refractivity contribution in [1.82, 2.24) is 4.98 Å². The van der Waals surface area contributed by atoms with Crippen molar-refractivity contribution >= 4 is 50.8 Å². The van der Waals surface area contributed by atoms with Crippen molar-refractivity contribution in [2.24, 2.45) is 11.0 Å². The van der Waals surface area contributed by atoms with E-state index < -0.39 is 24.0 Å².